The summed E-state index contributed by atoms with van der Waals surface area (Å²) < 4.78 is 13.0. The molecule has 1 aromatic heterocycles. The molecule has 1 unspecified atom stereocenters. The molecule has 1 aliphatic rings. The van der Waals surface area contributed by atoms with Crippen molar-refractivity contribution in [1.82, 2.24) is 5.32 Å². The third kappa shape index (κ3) is 4.90. The van der Waals surface area contributed by atoms with Gasteiger partial charge in [-0.15, -0.1) is 11.3 Å². The Labute approximate surface area is 150 Å². The fourth-order valence-corrected chi connectivity index (χ4v) is 3.71. The molecule has 2 aromatic rings. The molecule has 1 aromatic carbocycles. The number of carbonyl (C=O) groups excluding carboxylic acids is 1. The lowest BCUT2D eigenvalue weighted by atomic mass is 10.1. The highest BCUT2D eigenvalue weighted by Crippen LogP contribution is 2.23. The maximum absolute atomic E-state index is 13.0. The van der Waals surface area contributed by atoms with Crippen molar-refractivity contribution in [3.05, 3.63) is 58.0 Å². The van der Waals surface area contributed by atoms with Crippen molar-refractivity contribution in [2.24, 2.45) is 5.92 Å². The topological polar surface area (TPSA) is 52.6 Å². The van der Waals surface area contributed by atoms with Gasteiger partial charge in [0.2, 0.25) is 5.91 Å². The van der Waals surface area contributed by atoms with Crippen LogP contribution in [0.25, 0.3) is 6.08 Å². The molecule has 6 heteroatoms. The maximum Gasteiger partial charge on any atom is 0.244 e. The Morgan fingerprint density at radius 2 is 2.20 bits per heavy atom. The summed E-state index contributed by atoms with van der Waals surface area (Å²) in [6, 6.07) is 8.40. The number of aliphatic hydroxyl groups is 1. The molecule has 1 amide bonds. The summed E-state index contributed by atoms with van der Waals surface area (Å²) in [6.45, 7) is 2.43. The average molecular weight is 360 g/mol. The van der Waals surface area contributed by atoms with Gasteiger partial charge in [-0.25, -0.2) is 4.39 Å². The predicted octanol–water partition coefficient (Wildman–Crippen LogP) is 3.04. The zero-order valence-electron chi connectivity index (χ0n) is 13.8. The SMILES string of the molecule is O=C(/C=C/c1cc(CO)cs1)NCC1CCN(c2ccc(F)cc2)C1. The predicted molar refractivity (Wildman–Crippen MR) is 99.0 cm³/mol. The van der Waals surface area contributed by atoms with Crippen LogP contribution >= 0.6 is 11.3 Å². The highest BCUT2D eigenvalue weighted by Gasteiger charge is 2.22. The van der Waals surface area contributed by atoms with E-state index in [1.807, 2.05) is 11.4 Å². The number of hydrogen-bond donors (Lipinski definition) is 2. The van der Waals surface area contributed by atoms with Gasteiger partial charge in [-0.2, -0.15) is 0 Å². The van der Waals surface area contributed by atoms with Gasteiger partial charge in [0.05, 0.1) is 6.61 Å². The van der Waals surface area contributed by atoms with Gasteiger partial charge in [-0.3, -0.25) is 4.79 Å². The van der Waals surface area contributed by atoms with Gasteiger partial charge in [0.25, 0.3) is 0 Å². The second kappa shape index (κ2) is 8.27. The van der Waals surface area contributed by atoms with E-state index in [0.29, 0.717) is 12.5 Å². The third-order valence-corrected chi connectivity index (χ3v) is 5.24. The van der Waals surface area contributed by atoms with Crippen LogP contribution in [0, 0.1) is 11.7 Å². The number of hydrogen-bond acceptors (Lipinski definition) is 4. The molecule has 1 atom stereocenters. The Morgan fingerprint density at radius 1 is 1.40 bits per heavy atom. The zero-order chi connectivity index (χ0) is 17.6. The van der Waals surface area contributed by atoms with E-state index in [4.69, 9.17) is 5.11 Å². The second-order valence-electron chi connectivity index (χ2n) is 6.17. The first-order valence-corrected chi connectivity index (χ1v) is 9.16. The van der Waals surface area contributed by atoms with Crippen molar-refractivity contribution in [3.8, 4) is 0 Å². The first-order valence-electron chi connectivity index (χ1n) is 8.29. The van der Waals surface area contributed by atoms with E-state index in [9.17, 15) is 9.18 Å². The Kier molecular flexibility index (Phi) is 5.83. The molecule has 0 saturated carbocycles. The third-order valence-electron chi connectivity index (χ3n) is 4.30. The molecule has 2 heterocycles. The summed E-state index contributed by atoms with van der Waals surface area (Å²) >= 11 is 1.50. The van der Waals surface area contributed by atoms with Crippen LogP contribution in [0.15, 0.2) is 41.8 Å². The first-order chi connectivity index (χ1) is 12.1. The Morgan fingerprint density at radius 3 is 2.92 bits per heavy atom. The van der Waals surface area contributed by atoms with Crippen LogP contribution in [0.5, 0.6) is 0 Å². The quantitative estimate of drug-likeness (QED) is 0.779. The van der Waals surface area contributed by atoms with Crippen molar-refractivity contribution in [1.29, 1.82) is 0 Å². The summed E-state index contributed by atoms with van der Waals surface area (Å²) in [4.78, 5) is 15.1. The number of rotatable bonds is 6. The van der Waals surface area contributed by atoms with Gasteiger partial charge in [-0.05, 0) is 59.7 Å². The van der Waals surface area contributed by atoms with E-state index in [1.54, 1.807) is 18.2 Å². The van der Waals surface area contributed by atoms with E-state index in [1.165, 1.54) is 29.5 Å². The smallest absolute Gasteiger partial charge is 0.244 e. The van der Waals surface area contributed by atoms with Gasteiger partial charge < -0.3 is 15.3 Å². The molecule has 1 saturated heterocycles. The van der Waals surface area contributed by atoms with Crippen LogP contribution in [0.2, 0.25) is 0 Å². The Balaban J connectivity index is 1.44. The maximum atomic E-state index is 13.0. The molecule has 4 nitrogen and oxygen atoms in total. The molecule has 0 spiro atoms. The average Bonchev–Trinajstić information content (AvgIpc) is 3.28. The lowest BCUT2D eigenvalue weighted by molar-refractivity contribution is -0.116. The summed E-state index contributed by atoms with van der Waals surface area (Å²) in [5.74, 6) is 0.0553. The number of halogens is 1. The number of anilines is 1. The highest BCUT2D eigenvalue weighted by molar-refractivity contribution is 7.11. The molecular formula is C19H21FN2O2S. The molecular weight excluding hydrogens is 339 g/mol. The van der Waals surface area contributed by atoms with E-state index in [2.05, 4.69) is 10.2 Å². The van der Waals surface area contributed by atoms with E-state index < -0.39 is 0 Å². The number of nitrogens with zero attached hydrogens (tertiary/aromatic N) is 1. The summed E-state index contributed by atoms with van der Waals surface area (Å²) in [6.07, 6.45) is 4.30. The van der Waals surface area contributed by atoms with Crippen LogP contribution in [0.3, 0.4) is 0 Å². The number of thiophene rings is 1. The largest absolute Gasteiger partial charge is 0.392 e. The lowest BCUT2D eigenvalue weighted by Gasteiger charge is -2.18. The summed E-state index contributed by atoms with van der Waals surface area (Å²) in [5, 5.41) is 13.8. The van der Waals surface area contributed by atoms with Crippen molar-refractivity contribution in [2.45, 2.75) is 13.0 Å². The van der Waals surface area contributed by atoms with Gasteiger partial charge in [0.15, 0.2) is 0 Å². The summed E-state index contributed by atoms with van der Waals surface area (Å²) in [7, 11) is 0. The van der Waals surface area contributed by atoms with Gasteiger partial charge >= 0.3 is 0 Å². The van der Waals surface area contributed by atoms with Crippen LogP contribution in [0.4, 0.5) is 10.1 Å². The fraction of sp³-hybridized carbons (Fsp3) is 0.316. The molecule has 0 bridgehead atoms. The standard InChI is InChI=1S/C19H21FN2O2S/c20-16-1-3-17(4-2-16)22-8-7-14(11-22)10-21-19(24)6-5-18-9-15(12-23)13-25-18/h1-6,9,13-14,23H,7-8,10-12H2,(H,21,24)/b6-5+. The number of carbonyl (C=O) groups is 1. The van der Waals surface area contributed by atoms with Crippen LogP contribution in [-0.4, -0.2) is 30.6 Å². The van der Waals surface area contributed by atoms with Crippen LogP contribution < -0.4 is 10.2 Å². The molecule has 1 fully saturated rings. The Bertz CT molecular complexity index is 742. The monoisotopic (exact) mass is 360 g/mol. The van der Waals surface area contributed by atoms with Gasteiger partial charge in [0.1, 0.15) is 5.82 Å². The summed E-state index contributed by atoms with van der Waals surface area (Å²) in [5.41, 5.74) is 1.88. The minimum Gasteiger partial charge on any atom is -0.392 e. The van der Waals surface area contributed by atoms with E-state index in [0.717, 1.165) is 35.6 Å². The first kappa shape index (κ1) is 17.6. The molecule has 3 rings (SSSR count). The number of benzene rings is 1. The second-order valence-corrected chi connectivity index (χ2v) is 7.11. The van der Waals surface area contributed by atoms with E-state index in [-0.39, 0.29) is 18.3 Å². The van der Waals surface area contributed by atoms with Gasteiger partial charge in [0, 0.05) is 36.3 Å². The Hall–Kier alpha value is -2.18. The molecule has 132 valence electrons. The molecule has 25 heavy (non-hydrogen) atoms. The van der Waals surface area contributed by atoms with Crippen LogP contribution in [0.1, 0.15) is 16.9 Å². The zero-order valence-corrected chi connectivity index (χ0v) is 14.6. The van der Waals surface area contributed by atoms with Crippen LogP contribution in [-0.2, 0) is 11.4 Å². The number of amides is 1. The normalized spacial score (nSPS) is 17.4. The molecule has 1 aliphatic heterocycles. The highest BCUT2D eigenvalue weighted by atomic mass is 32.1. The van der Waals surface area contributed by atoms with Crippen molar-refractivity contribution >= 4 is 29.0 Å². The minimum absolute atomic E-state index is 0.0166. The number of nitrogens with one attached hydrogen (secondary N) is 1. The van der Waals surface area contributed by atoms with Crippen molar-refractivity contribution < 1.29 is 14.3 Å². The minimum atomic E-state index is -0.226. The van der Waals surface area contributed by atoms with Crippen molar-refractivity contribution in [2.75, 3.05) is 24.5 Å². The molecule has 0 aliphatic carbocycles. The van der Waals surface area contributed by atoms with Crippen molar-refractivity contribution in [3.63, 3.8) is 0 Å². The molecule has 0 radical (unpaired) electrons. The fourth-order valence-electron chi connectivity index (χ4n) is 2.91. The molecule has 2 N–H and O–H groups in total. The van der Waals surface area contributed by atoms with Gasteiger partial charge in [-0.1, -0.05) is 0 Å². The van der Waals surface area contributed by atoms with E-state index >= 15 is 0 Å². The number of aliphatic hydroxyl groups excluding tert-OH is 1. The lowest BCUT2D eigenvalue weighted by Crippen LogP contribution is -2.29.